The highest BCUT2D eigenvalue weighted by Crippen LogP contribution is 2.14. The average Bonchev–Trinajstić information content (AvgIpc) is 3.02. The molecule has 2 fully saturated rings. The van der Waals surface area contributed by atoms with Crippen molar-refractivity contribution in [1.29, 1.82) is 0 Å². The van der Waals surface area contributed by atoms with E-state index in [2.05, 4.69) is 35.9 Å². The lowest BCUT2D eigenvalue weighted by atomic mass is 10.1. The Morgan fingerprint density at radius 1 is 1.24 bits per heavy atom. The Morgan fingerprint density at radius 3 is 2.33 bits per heavy atom. The highest BCUT2D eigenvalue weighted by molar-refractivity contribution is 5.85. The number of rotatable bonds is 5. The van der Waals surface area contributed by atoms with Crippen LogP contribution in [0.4, 0.5) is 0 Å². The molecule has 0 saturated carbocycles. The molecule has 0 bridgehead atoms. The van der Waals surface area contributed by atoms with Crippen molar-refractivity contribution in [2.45, 2.75) is 39.3 Å². The second-order valence-electron chi connectivity index (χ2n) is 5.91. The number of carbonyl (C=O) groups excluding carboxylic acids is 1. The summed E-state index contributed by atoms with van der Waals surface area (Å²) in [4.78, 5) is 19.3. The number of nitrogens with zero attached hydrogens (tertiary/aromatic N) is 3. The molecule has 0 aromatic heterocycles. The number of carbonyl (C=O) groups is 1. The van der Waals surface area contributed by atoms with Crippen LogP contribution in [0.1, 0.15) is 27.2 Å². The molecule has 6 heteroatoms. The van der Waals surface area contributed by atoms with Gasteiger partial charge in [-0.3, -0.25) is 14.6 Å². The van der Waals surface area contributed by atoms with E-state index in [-0.39, 0.29) is 24.4 Å². The summed E-state index contributed by atoms with van der Waals surface area (Å²) in [6.45, 7) is 14.3. The standard InChI is InChI=1S/C15H30N4O.ClH/c1-4-17(5-2)15(20)13(3)18-8-10-19(11-9-18)14-6-7-16-12-14;/h13-14,16H,4-12H2,1-3H3;1H. The van der Waals surface area contributed by atoms with Gasteiger partial charge in [0.1, 0.15) is 0 Å². The maximum Gasteiger partial charge on any atom is 0.239 e. The summed E-state index contributed by atoms with van der Waals surface area (Å²) in [7, 11) is 0. The molecule has 2 rings (SSSR count). The second kappa shape index (κ2) is 8.93. The lowest BCUT2D eigenvalue weighted by Gasteiger charge is -2.40. The lowest BCUT2D eigenvalue weighted by Crippen LogP contribution is -2.56. The van der Waals surface area contributed by atoms with E-state index < -0.39 is 0 Å². The molecule has 21 heavy (non-hydrogen) atoms. The first-order chi connectivity index (χ1) is 9.67. The van der Waals surface area contributed by atoms with Gasteiger partial charge in [0.25, 0.3) is 0 Å². The number of amides is 1. The first kappa shape index (κ1) is 18.7. The predicted octanol–water partition coefficient (Wildman–Crippen LogP) is 0.645. The van der Waals surface area contributed by atoms with Crippen LogP contribution >= 0.6 is 12.4 Å². The summed E-state index contributed by atoms with van der Waals surface area (Å²) in [5, 5.41) is 3.44. The van der Waals surface area contributed by atoms with Gasteiger partial charge >= 0.3 is 0 Å². The van der Waals surface area contributed by atoms with E-state index in [1.807, 2.05) is 4.90 Å². The third kappa shape index (κ3) is 4.55. The number of piperazine rings is 1. The fraction of sp³-hybridized carbons (Fsp3) is 0.933. The first-order valence-corrected chi connectivity index (χ1v) is 8.15. The van der Waals surface area contributed by atoms with Gasteiger partial charge in [-0.1, -0.05) is 0 Å². The molecule has 2 aliphatic heterocycles. The Kier molecular flexibility index (Phi) is 7.95. The van der Waals surface area contributed by atoms with Crippen molar-refractivity contribution < 1.29 is 4.79 Å². The Hall–Kier alpha value is -0.360. The summed E-state index contributed by atoms with van der Waals surface area (Å²) in [6.07, 6.45) is 1.27. The molecule has 0 radical (unpaired) electrons. The molecule has 0 aromatic carbocycles. The molecule has 2 aliphatic rings. The molecule has 2 unspecified atom stereocenters. The van der Waals surface area contributed by atoms with Gasteiger partial charge in [0.05, 0.1) is 6.04 Å². The molecule has 0 spiro atoms. The lowest BCUT2D eigenvalue weighted by molar-refractivity contribution is -0.136. The Balaban J connectivity index is 0.00000220. The third-order valence-electron chi connectivity index (χ3n) is 4.88. The minimum atomic E-state index is 0. The second-order valence-corrected chi connectivity index (χ2v) is 5.91. The summed E-state index contributed by atoms with van der Waals surface area (Å²) in [5.74, 6) is 0.283. The number of hydrogen-bond donors (Lipinski definition) is 1. The minimum Gasteiger partial charge on any atom is -0.342 e. The van der Waals surface area contributed by atoms with Gasteiger partial charge in [0.15, 0.2) is 0 Å². The predicted molar refractivity (Wildman–Crippen MR) is 89.1 cm³/mol. The van der Waals surface area contributed by atoms with Crippen LogP contribution in [0.25, 0.3) is 0 Å². The largest absolute Gasteiger partial charge is 0.342 e. The van der Waals surface area contributed by atoms with Crippen molar-refractivity contribution in [2.75, 3.05) is 52.4 Å². The quantitative estimate of drug-likeness (QED) is 0.807. The van der Waals surface area contributed by atoms with Gasteiger partial charge < -0.3 is 10.2 Å². The zero-order chi connectivity index (χ0) is 14.5. The fourth-order valence-electron chi connectivity index (χ4n) is 3.40. The van der Waals surface area contributed by atoms with Crippen LogP contribution in [-0.4, -0.2) is 85.0 Å². The molecule has 2 saturated heterocycles. The normalized spacial score (nSPS) is 25.4. The molecule has 2 heterocycles. The third-order valence-corrected chi connectivity index (χ3v) is 4.88. The molecule has 2 atom stereocenters. The molecule has 5 nitrogen and oxygen atoms in total. The molecular formula is C15H31ClN4O. The number of halogens is 1. The maximum absolute atomic E-state index is 12.4. The van der Waals surface area contributed by atoms with E-state index >= 15 is 0 Å². The van der Waals surface area contributed by atoms with Crippen LogP contribution in [-0.2, 0) is 4.79 Å². The molecule has 0 aromatic rings. The summed E-state index contributed by atoms with van der Waals surface area (Å²) < 4.78 is 0. The number of hydrogen-bond acceptors (Lipinski definition) is 4. The van der Waals surface area contributed by atoms with Crippen molar-refractivity contribution in [3.05, 3.63) is 0 Å². The average molecular weight is 319 g/mol. The molecule has 0 aliphatic carbocycles. The molecule has 124 valence electrons. The SMILES string of the molecule is CCN(CC)C(=O)C(C)N1CCN(C2CCNC2)CC1.Cl. The zero-order valence-electron chi connectivity index (χ0n) is 13.7. The van der Waals surface area contributed by atoms with E-state index in [1.54, 1.807) is 0 Å². The topological polar surface area (TPSA) is 38.8 Å². The summed E-state index contributed by atoms with van der Waals surface area (Å²) in [6, 6.07) is 0.740. The van der Waals surface area contributed by atoms with E-state index in [0.29, 0.717) is 6.04 Å². The van der Waals surface area contributed by atoms with Gasteiger partial charge in [-0.05, 0) is 33.7 Å². The van der Waals surface area contributed by atoms with Gasteiger partial charge in [0, 0.05) is 51.9 Å². The molecule has 1 N–H and O–H groups in total. The van der Waals surface area contributed by atoms with Crippen molar-refractivity contribution in [3.63, 3.8) is 0 Å². The van der Waals surface area contributed by atoms with Gasteiger partial charge in [-0.15, -0.1) is 12.4 Å². The first-order valence-electron chi connectivity index (χ1n) is 8.15. The molecular weight excluding hydrogens is 288 g/mol. The van der Waals surface area contributed by atoms with Crippen molar-refractivity contribution >= 4 is 18.3 Å². The summed E-state index contributed by atoms with van der Waals surface area (Å²) >= 11 is 0. The van der Waals surface area contributed by atoms with Crippen LogP contribution in [0.3, 0.4) is 0 Å². The van der Waals surface area contributed by atoms with Crippen LogP contribution in [0, 0.1) is 0 Å². The van der Waals surface area contributed by atoms with E-state index in [4.69, 9.17) is 0 Å². The Labute approximate surface area is 135 Å². The van der Waals surface area contributed by atoms with E-state index in [9.17, 15) is 4.79 Å². The maximum atomic E-state index is 12.4. The van der Waals surface area contributed by atoms with Crippen LogP contribution in [0.15, 0.2) is 0 Å². The van der Waals surface area contributed by atoms with Gasteiger partial charge in [0.2, 0.25) is 5.91 Å². The van der Waals surface area contributed by atoms with Crippen LogP contribution in [0.2, 0.25) is 0 Å². The molecule has 1 amide bonds. The van der Waals surface area contributed by atoms with Crippen LogP contribution in [0.5, 0.6) is 0 Å². The minimum absolute atomic E-state index is 0. The highest BCUT2D eigenvalue weighted by atomic mass is 35.5. The van der Waals surface area contributed by atoms with E-state index in [0.717, 1.165) is 52.4 Å². The van der Waals surface area contributed by atoms with Gasteiger partial charge in [-0.25, -0.2) is 0 Å². The summed E-state index contributed by atoms with van der Waals surface area (Å²) in [5.41, 5.74) is 0. The van der Waals surface area contributed by atoms with Crippen LogP contribution < -0.4 is 5.32 Å². The zero-order valence-corrected chi connectivity index (χ0v) is 14.5. The van der Waals surface area contributed by atoms with Crippen molar-refractivity contribution in [3.8, 4) is 0 Å². The number of nitrogens with one attached hydrogen (secondary N) is 1. The number of likely N-dealkylation sites (N-methyl/N-ethyl adjacent to an activating group) is 1. The Morgan fingerprint density at radius 2 is 1.86 bits per heavy atom. The fourth-order valence-corrected chi connectivity index (χ4v) is 3.40. The Bertz CT molecular complexity index is 311. The van der Waals surface area contributed by atoms with Crippen molar-refractivity contribution in [2.24, 2.45) is 0 Å². The van der Waals surface area contributed by atoms with E-state index in [1.165, 1.54) is 6.42 Å². The van der Waals surface area contributed by atoms with Gasteiger partial charge in [-0.2, -0.15) is 0 Å². The monoisotopic (exact) mass is 318 g/mol. The van der Waals surface area contributed by atoms with Crippen molar-refractivity contribution in [1.82, 2.24) is 20.0 Å². The smallest absolute Gasteiger partial charge is 0.239 e. The highest BCUT2D eigenvalue weighted by Gasteiger charge is 2.30.